The lowest BCUT2D eigenvalue weighted by molar-refractivity contribution is -0.580. The summed E-state index contributed by atoms with van der Waals surface area (Å²) in [6, 6.07) is 18.7. The number of ether oxygens (including phenoxy) is 1. The van der Waals surface area contributed by atoms with Gasteiger partial charge in [0.15, 0.2) is 0 Å². The van der Waals surface area contributed by atoms with E-state index in [-0.39, 0.29) is 0 Å². The molecule has 22 heavy (non-hydrogen) atoms. The van der Waals surface area contributed by atoms with Gasteiger partial charge in [0.25, 0.3) is 5.79 Å². The molecular weight excluding hydrogens is 284 g/mol. The summed E-state index contributed by atoms with van der Waals surface area (Å²) >= 11 is 0. The Morgan fingerprint density at radius 3 is 1.68 bits per heavy atom. The number of benzene rings is 2. The van der Waals surface area contributed by atoms with Crippen LogP contribution in [-0.2, 0) is 31.0 Å². The van der Waals surface area contributed by atoms with Crippen LogP contribution in [0.15, 0.2) is 60.7 Å². The zero-order chi connectivity index (χ0) is 15.5. The lowest BCUT2D eigenvalue weighted by atomic mass is 9.93. The Hall–Kier alpha value is -1.76. The fourth-order valence-electron chi connectivity index (χ4n) is 2.68. The van der Waals surface area contributed by atoms with E-state index in [1.165, 1.54) is 0 Å². The zero-order valence-corrected chi connectivity index (χ0v) is 12.3. The molecule has 0 amide bonds. The fraction of sp³-hybridized carbons (Fsp3) is 0.294. The van der Waals surface area contributed by atoms with Gasteiger partial charge in [0, 0.05) is 31.1 Å². The first-order chi connectivity index (χ1) is 10.7. The van der Waals surface area contributed by atoms with Crippen molar-refractivity contribution in [2.75, 3.05) is 7.11 Å². The van der Waals surface area contributed by atoms with Gasteiger partial charge in [-0.1, -0.05) is 60.7 Å². The molecule has 0 radical (unpaired) electrons. The van der Waals surface area contributed by atoms with E-state index < -0.39 is 11.6 Å². The highest BCUT2D eigenvalue weighted by Crippen LogP contribution is 2.45. The van der Waals surface area contributed by atoms with Crippen molar-refractivity contribution >= 4 is 0 Å². The normalized spacial score (nSPS) is 28.5. The van der Waals surface area contributed by atoms with Crippen molar-refractivity contribution in [1.82, 2.24) is 0 Å². The van der Waals surface area contributed by atoms with Crippen molar-refractivity contribution < 1.29 is 24.7 Å². The van der Waals surface area contributed by atoms with Gasteiger partial charge in [0.05, 0.1) is 0 Å². The minimum Gasteiger partial charge on any atom is -0.347 e. The monoisotopic (exact) mass is 302 g/mol. The largest absolute Gasteiger partial charge is 0.347 e. The van der Waals surface area contributed by atoms with Gasteiger partial charge >= 0.3 is 0 Å². The Morgan fingerprint density at radius 1 is 0.818 bits per heavy atom. The zero-order valence-electron chi connectivity index (χ0n) is 12.3. The second-order valence-electron chi connectivity index (χ2n) is 5.20. The van der Waals surface area contributed by atoms with Crippen LogP contribution < -0.4 is 0 Å². The molecule has 0 saturated carbocycles. The summed E-state index contributed by atoms with van der Waals surface area (Å²) in [7, 11) is 1.56. The maximum atomic E-state index is 9.36. The summed E-state index contributed by atoms with van der Waals surface area (Å²) < 4.78 is 5.55. The van der Waals surface area contributed by atoms with Gasteiger partial charge < -0.3 is 4.74 Å². The minimum atomic E-state index is -1.35. The SMILES string of the molecule is COC1(c2ccccc2)CCC(OO)(c2ccccc2)OO1. The van der Waals surface area contributed by atoms with Crippen molar-refractivity contribution in [3.63, 3.8) is 0 Å². The van der Waals surface area contributed by atoms with Crippen LogP contribution in [0.5, 0.6) is 0 Å². The Kier molecular flexibility index (Phi) is 4.24. The van der Waals surface area contributed by atoms with Gasteiger partial charge in [0.1, 0.15) is 0 Å². The molecule has 5 nitrogen and oxygen atoms in total. The minimum absolute atomic E-state index is 0.371. The lowest BCUT2D eigenvalue weighted by Gasteiger charge is -2.42. The molecule has 5 heteroatoms. The first-order valence-electron chi connectivity index (χ1n) is 7.10. The van der Waals surface area contributed by atoms with E-state index >= 15 is 0 Å². The van der Waals surface area contributed by atoms with Crippen LogP contribution in [0, 0.1) is 0 Å². The third-order valence-corrected chi connectivity index (χ3v) is 4.00. The molecule has 2 atom stereocenters. The van der Waals surface area contributed by atoms with Crippen molar-refractivity contribution in [3.8, 4) is 0 Å². The number of hydrogen-bond donors (Lipinski definition) is 1. The number of methoxy groups -OCH3 is 1. The molecule has 1 aliphatic heterocycles. The molecule has 2 unspecified atom stereocenters. The average molecular weight is 302 g/mol. The molecule has 1 saturated heterocycles. The molecule has 0 bridgehead atoms. The van der Waals surface area contributed by atoms with E-state index in [1.54, 1.807) is 7.11 Å². The van der Waals surface area contributed by atoms with E-state index in [0.29, 0.717) is 18.4 Å². The molecule has 0 spiro atoms. The quantitative estimate of drug-likeness (QED) is 0.691. The van der Waals surface area contributed by atoms with Gasteiger partial charge in [-0.05, 0) is 0 Å². The summed E-state index contributed by atoms with van der Waals surface area (Å²) in [5.41, 5.74) is 1.52. The molecule has 0 aliphatic carbocycles. The van der Waals surface area contributed by atoms with Crippen molar-refractivity contribution in [3.05, 3.63) is 71.8 Å². The third kappa shape index (κ3) is 2.54. The van der Waals surface area contributed by atoms with Crippen LogP contribution in [0.4, 0.5) is 0 Å². The molecule has 2 aromatic carbocycles. The van der Waals surface area contributed by atoms with E-state index in [9.17, 15) is 5.26 Å². The first-order valence-corrected chi connectivity index (χ1v) is 7.10. The topological polar surface area (TPSA) is 57.2 Å². The Balaban J connectivity index is 1.87. The highest BCUT2D eigenvalue weighted by molar-refractivity contribution is 5.23. The maximum Gasteiger partial charge on any atom is 0.259 e. The van der Waals surface area contributed by atoms with Crippen LogP contribution >= 0.6 is 0 Å². The third-order valence-electron chi connectivity index (χ3n) is 4.00. The van der Waals surface area contributed by atoms with Gasteiger partial charge in [-0.15, -0.1) is 0 Å². The summed E-state index contributed by atoms with van der Waals surface area (Å²) in [5.74, 6) is -2.36. The Bertz CT molecular complexity index is 535. The molecule has 2 aromatic rings. The predicted molar refractivity (Wildman–Crippen MR) is 78.4 cm³/mol. The van der Waals surface area contributed by atoms with Gasteiger partial charge in [-0.2, -0.15) is 14.7 Å². The fourth-order valence-corrected chi connectivity index (χ4v) is 2.68. The van der Waals surface area contributed by atoms with Crippen molar-refractivity contribution in [2.45, 2.75) is 24.4 Å². The molecule has 1 heterocycles. The second-order valence-corrected chi connectivity index (χ2v) is 5.20. The second kappa shape index (κ2) is 6.16. The summed E-state index contributed by atoms with van der Waals surface area (Å²) in [6.07, 6.45) is 0.833. The Labute approximate surface area is 128 Å². The number of rotatable bonds is 4. The molecular formula is C17H18O5. The molecule has 3 rings (SSSR count). The standard InChI is InChI=1S/C17H18O5/c1-19-16(14-8-4-2-5-9-14)12-13-17(20-18,22-21-16)15-10-6-3-7-11-15/h2-11,18H,12-13H2,1H3. The summed E-state index contributed by atoms with van der Waals surface area (Å²) in [4.78, 5) is 15.7. The number of hydrogen-bond acceptors (Lipinski definition) is 5. The van der Waals surface area contributed by atoms with Crippen LogP contribution in [0.1, 0.15) is 24.0 Å². The Morgan fingerprint density at radius 2 is 1.27 bits per heavy atom. The molecule has 0 aromatic heterocycles. The molecule has 1 fully saturated rings. The highest BCUT2D eigenvalue weighted by Gasteiger charge is 2.49. The first kappa shape index (κ1) is 15.1. The molecule has 1 aliphatic rings. The molecule has 116 valence electrons. The van der Waals surface area contributed by atoms with E-state index in [1.807, 2.05) is 60.7 Å². The van der Waals surface area contributed by atoms with Gasteiger partial charge in [-0.3, -0.25) is 0 Å². The van der Waals surface area contributed by atoms with E-state index in [4.69, 9.17) is 14.5 Å². The van der Waals surface area contributed by atoms with Gasteiger partial charge in [-0.25, -0.2) is 5.26 Å². The lowest BCUT2D eigenvalue weighted by Crippen LogP contribution is -2.45. The average Bonchev–Trinajstić information content (AvgIpc) is 2.63. The maximum absolute atomic E-state index is 9.36. The van der Waals surface area contributed by atoms with Crippen molar-refractivity contribution in [1.29, 1.82) is 0 Å². The van der Waals surface area contributed by atoms with Crippen LogP contribution in [0.3, 0.4) is 0 Å². The van der Waals surface area contributed by atoms with Gasteiger partial charge in [0.2, 0.25) is 5.79 Å². The highest BCUT2D eigenvalue weighted by atomic mass is 17.3. The summed E-state index contributed by atoms with van der Waals surface area (Å²) in [6.45, 7) is 0. The van der Waals surface area contributed by atoms with Crippen LogP contribution in [-0.4, -0.2) is 12.4 Å². The van der Waals surface area contributed by atoms with Crippen LogP contribution in [0.2, 0.25) is 0 Å². The summed E-state index contributed by atoms with van der Waals surface area (Å²) in [5, 5.41) is 9.36. The predicted octanol–water partition coefficient (Wildman–Crippen LogP) is 3.57. The van der Waals surface area contributed by atoms with Crippen molar-refractivity contribution in [2.24, 2.45) is 0 Å². The van der Waals surface area contributed by atoms with Crippen LogP contribution in [0.25, 0.3) is 0 Å². The smallest absolute Gasteiger partial charge is 0.259 e. The van der Waals surface area contributed by atoms with E-state index in [0.717, 1.165) is 5.56 Å². The van der Waals surface area contributed by atoms with E-state index in [2.05, 4.69) is 4.89 Å². The molecule has 1 N–H and O–H groups in total.